The number of quaternary nitrogens is 1. The van der Waals surface area contributed by atoms with Crippen LogP contribution in [0.1, 0.15) is 36.8 Å². The topological polar surface area (TPSA) is 24.8 Å². The first-order valence-electron chi connectivity index (χ1n) is 11.1. The van der Waals surface area contributed by atoms with E-state index in [0.29, 0.717) is 11.8 Å². The maximum absolute atomic E-state index is 13.2. The molecular formula is C25H32ClN2O+. The zero-order chi connectivity index (χ0) is 20.1. The molecular weight excluding hydrogens is 380 g/mol. The number of nitrogens with zero attached hydrogens (tertiary/aromatic N) is 1. The van der Waals surface area contributed by atoms with Gasteiger partial charge >= 0.3 is 0 Å². The molecule has 4 rings (SSSR count). The van der Waals surface area contributed by atoms with Gasteiger partial charge in [-0.2, -0.15) is 0 Å². The molecule has 2 aliphatic heterocycles. The van der Waals surface area contributed by atoms with Gasteiger partial charge in [-0.15, -0.1) is 0 Å². The van der Waals surface area contributed by atoms with Gasteiger partial charge in [0, 0.05) is 23.7 Å². The lowest BCUT2D eigenvalue weighted by Crippen LogP contribution is -3.12. The normalized spacial score (nSPS) is 23.1. The number of hydrogen-bond donors (Lipinski definition) is 1. The highest BCUT2D eigenvalue weighted by atomic mass is 35.5. The molecule has 2 aromatic carbocycles. The van der Waals surface area contributed by atoms with Crippen LogP contribution < -0.4 is 4.90 Å². The minimum Gasteiger partial charge on any atom is -0.342 e. The molecule has 2 saturated heterocycles. The van der Waals surface area contributed by atoms with E-state index in [1.54, 1.807) is 0 Å². The van der Waals surface area contributed by atoms with Crippen molar-refractivity contribution < 1.29 is 9.69 Å². The van der Waals surface area contributed by atoms with Crippen molar-refractivity contribution in [3.05, 3.63) is 70.7 Å². The Morgan fingerprint density at radius 3 is 2.41 bits per heavy atom. The van der Waals surface area contributed by atoms with E-state index in [1.165, 1.54) is 16.0 Å². The van der Waals surface area contributed by atoms with Crippen molar-refractivity contribution >= 4 is 17.5 Å². The molecule has 1 N–H and O–H groups in total. The van der Waals surface area contributed by atoms with E-state index in [-0.39, 0.29) is 5.92 Å². The van der Waals surface area contributed by atoms with Crippen LogP contribution in [0.3, 0.4) is 0 Å². The fraction of sp³-hybridized carbons (Fsp3) is 0.480. The summed E-state index contributed by atoms with van der Waals surface area (Å²) >= 11 is 6.00. The van der Waals surface area contributed by atoms with Crippen molar-refractivity contribution in [2.45, 2.75) is 38.6 Å². The second-order valence-corrected chi connectivity index (χ2v) is 9.24. The Morgan fingerprint density at radius 2 is 1.69 bits per heavy atom. The fourth-order valence-corrected chi connectivity index (χ4v) is 5.10. The highest BCUT2D eigenvalue weighted by Crippen LogP contribution is 2.23. The summed E-state index contributed by atoms with van der Waals surface area (Å²) < 4.78 is 0. The van der Waals surface area contributed by atoms with Gasteiger partial charge in [-0.25, -0.2) is 0 Å². The van der Waals surface area contributed by atoms with Gasteiger partial charge in [-0.05, 0) is 55.7 Å². The summed E-state index contributed by atoms with van der Waals surface area (Å²) in [6.45, 7) is 4.97. The lowest BCUT2D eigenvalue weighted by Gasteiger charge is -2.36. The van der Waals surface area contributed by atoms with E-state index in [9.17, 15) is 4.79 Å². The number of carbonyl (C=O) groups excluding carboxylic acids is 1. The standard InChI is InChI=1S/C25H31ClN2O/c26-24-10-8-22(9-11-24)18-27-14-4-7-23(19-27)25(29)28-15-12-21(13-16-28)17-20-5-2-1-3-6-20/h1-3,5-6,8-11,21,23H,4,7,12-19H2/p+1/t23-/m0/s1. The largest absolute Gasteiger partial charge is 0.342 e. The average molecular weight is 412 g/mol. The molecule has 0 saturated carbocycles. The van der Waals surface area contributed by atoms with E-state index >= 15 is 0 Å². The molecule has 29 heavy (non-hydrogen) atoms. The second kappa shape index (κ2) is 9.77. The lowest BCUT2D eigenvalue weighted by molar-refractivity contribution is -0.921. The van der Waals surface area contributed by atoms with Crippen molar-refractivity contribution in [2.24, 2.45) is 11.8 Å². The number of likely N-dealkylation sites (tertiary alicyclic amines) is 2. The summed E-state index contributed by atoms with van der Waals surface area (Å²) in [6.07, 6.45) is 5.60. The number of amides is 1. The molecule has 2 heterocycles. The summed E-state index contributed by atoms with van der Waals surface area (Å²) in [5, 5.41) is 0.783. The SMILES string of the molecule is O=C([C@H]1CCC[NH+](Cc2ccc(Cl)cc2)C1)N1CCC(Cc2ccccc2)CC1. The third kappa shape index (κ3) is 5.61. The first kappa shape index (κ1) is 20.4. The second-order valence-electron chi connectivity index (χ2n) is 8.80. The Balaban J connectivity index is 1.26. The third-order valence-corrected chi connectivity index (χ3v) is 6.88. The first-order chi connectivity index (χ1) is 14.2. The van der Waals surface area contributed by atoms with Crippen LogP contribution in [0, 0.1) is 11.8 Å². The van der Waals surface area contributed by atoms with Crippen molar-refractivity contribution in [2.75, 3.05) is 26.2 Å². The van der Waals surface area contributed by atoms with Gasteiger partial charge < -0.3 is 9.80 Å². The molecule has 0 radical (unpaired) electrons. The number of carbonyl (C=O) groups is 1. The molecule has 0 spiro atoms. The zero-order valence-corrected chi connectivity index (χ0v) is 17.9. The summed E-state index contributed by atoms with van der Waals surface area (Å²) in [4.78, 5) is 16.8. The van der Waals surface area contributed by atoms with E-state index in [2.05, 4.69) is 47.4 Å². The summed E-state index contributed by atoms with van der Waals surface area (Å²) in [5.41, 5.74) is 2.73. The quantitative estimate of drug-likeness (QED) is 0.798. The van der Waals surface area contributed by atoms with E-state index in [1.807, 2.05) is 12.1 Å². The Bertz CT molecular complexity index is 784. The van der Waals surface area contributed by atoms with Crippen LogP contribution in [0.4, 0.5) is 0 Å². The molecule has 0 aliphatic carbocycles. The van der Waals surface area contributed by atoms with Gasteiger partial charge in [0.05, 0.1) is 19.0 Å². The van der Waals surface area contributed by atoms with Crippen molar-refractivity contribution in [3.63, 3.8) is 0 Å². The number of rotatable bonds is 5. The van der Waals surface area contributed by atoms with Gasteiger partial charge in [0.1, 0.15) is 6.54 Å². The van der Waals surface area contributed by atoms with Crippen molar-refractivity contribution in [3.8, 4) is 0 Å². The van der Waals surface area contributed by atoms with Crippen LogP contribution in [0.5, 0.6) is 0 Å². The molecule has 4 heteroatoms. The number of nitrogens with one attached hydrogen (secondary N) is 1. The third-order valence-electron chi connectivity index (χ3n) is 6.63. The smallest absolute Gasteiger partial charge is 0.231 e. The Hall–Kier alpha value is -1.84. The molecule has 2 fully saturated rings. The highest BCUT2D eigenvalue weighted by Gasteiger charge is 2.33. The number of halogens is 1. The predicted octanol–water partition coefficient (Wildman–Crippen LogP) is 3.62. The molecule has 1 amide bonds. The van der Waals surface area contributed by atoms with Crippen LogP contribution >= 0.6 is 11.6 Å². The Labute approximate surface area is 179 Å². The van der Waals surface area contributed by atoms with Gasteiger partial charge in [0.2, 0.25) is 5.91 Å². The van der Waals surface area contributed by atoms with Crippen LogP contribution in [-0.2, 0) is 17.8 Å². The molecule has 2 aromatic rings. The average Bonchev–Trinajstić information content (AvgIpc) is 2.76. The van der Waals surface area contributed by atoms with Gasteiger partial charge in [0.15, 0.2) is 0 Å². The van der Waals surface area contributed by atoms with Gasteiger partial charge in [-0.3, -0.25) is 4.79 Å². The van der Waals surface area contributed by atoms with Crippen LogP contribution in [0.2, 0.25) is 5.02 Å². The van der Waals surface area contributed by atoms with Crippen molar-refractivity contribution in [1.82, 2.24) is 4.90 Å². The number of piperidine rings is 2. The Morgan fingerprint density at radius 1 is 0.966 bits per heavy atom. The van der Waals surface area contributed by atoms with Crippen LogP contribution in [-0.4, -0.2) is 37.0 Å². The lowest BCUT2D eigenvalue weighted by atomic mass is 9.89. The van der Waals surface area contributed by atoms with E-state index < -0.39 is 0 Å². The minimum absolute atomic E-state index is 0.191. The molecule has 1 unspecified atom stereocenters. The highest BCUT2D eigenvalue weighted by molar-refractivity contribution is 6.30. The molecule has 3 nitrogen and oxygen atoms in total. The number of hydrogen-bond acceptors (Lipinski definition) is 1. The molecule has 2 aliphatic rings. The van der Waals surface area contributed by atoms with Crippen LogP contribution in [0.25, 0.3) is 0 Å². The summed E-state index contributed by atoms with van der Waals surface area (Å²) in [5.74, 6) is 1.30. The molecule has 2 atom stereocenters. The fourth-order valence-electron chi connectivity index (χ4n) is 4.98. The molecule has 154 valence electrons. The first-order valence-corrected chi connectivity index (χ1v) is 11.5. The summed E-state index contributed by atoms with van der Waals surface area (Å²) in [7, 11) is 0. The Kier molecular flexibility index (Phi) is 6.89. The van der Waals surface area contributed by atoms with Crippen molar-refractivity contribution in [1.29, 1.82) is 0 Å². The number of benzene rings is 2. The predicted molar refractivity (Wildman–Crippen MR) is 118 cm³/mol. The summed E-state index contributed by atoms with van der Waals surface area (Å²) in [6, 6.07) is 18.9. The van der Waals surface area contributed by atoms with Gasteiger partial charge in [0.25, 0.3) is 0 Å². The van der Waals surface area contributed by atoms with Crippen LogP contribution in [0.15, 0.2) is 54.6 Å². The van der Waals surface area contributed by atoms with Gasteiger partial charge in [-0.1, -0.05) is 54.1 Å². The van der Waals surface area contributed by atoms with E-state index in [0.717, 1.165) is 69.9 Å². The minimum atomic E-state index is 0.191. The maximum atomic E-state index is 13.2. The maximum Gasteiger partial charge on any atom is 0.231 e. The van der Waals surface area contributed by atoms with E-state index in [4.69, 9.17) is 11.6 Å². The zero-order valence-electron chi connectivity index (χ0n) is 17.2. The molecule has 0 aromatic heterocycles. The molecule has 0 bridgehead atoms. The monoisotopic (exact) mass is 411 g/mol.